The summed E-state index contributed by atoms with van der Waals surface area (Å²) in [5.74, 6) is -0.0286. The average molecular weight is 301 g/mol. The average Bonchev–Trinajstić information content (AvgIpc) is 2.75. The van der Waals surface area contributed by atoms with Gasteiger partial charge in [-0.25, -0.2) is 9.79 Å². The van der Waals surface area contributed by atoms with E-state index in [-0.39, 0.29) is 17.8 Å². The van der Waals surface area contributed by atoms with E-state index in [4.69, 9.17) is 0 Å². The highest BCUT2D eigenvalue weighted by Gasteiger charge is 2.41. The van der Waals surface area contributed by atoms with Crippen LogP contribution in [0.4, 0.5) is 10.5 Å². The van der Waals surface area contributed by atoms with Gasteiger partial charge in [-0.15, -0.1) is 0 Å². The Balaban J connectivity index is 2.28. The summed E-state index contributed by atoms with van der Waals surface area (Å²) < 4.78 is 0. The van der Waals surface area contributed by atoms with Gasteiger partial charge in [0.1, 0.15) is 0 Å². The summed E-state index contributed by atoms with van der Waals surface area (Å²) in [6, 6.07) is 9.06. The third-order valence-corrected chi connectivity index (χ3v) is 3.62. The number of benzene rings is 1. The molecule has 1 aromatic carbocycles. The van der Waals surface area contributed by atoms with Crippen molar-refractivity contribution in [2.24, 2.45) is 4.99 Å². The second-order valence-electron chi connectivity index (χ2n) is 5.37. The maximum Gasteiger partial charge on any atom is 0.332 e. The van der Waals surface area contributed by atoms with Crippen LogP contribution in [-0.2, 0) is 4.79 Å². The Morgan fingerprint density at radius 3 is 2.09 bits per heavy atom. The lowest BCUT2D eigenvalue weighted by Gasteiger charge is -2.15. The number of rotatable bonds is 7. The van der Waals surface area contributed by atoms with E-state index in [1.807, 2.05) is 37.3 Å². The van der Waals surface area contributed by atoms with Crippen LogP contribution in [0.5, 0.6) is 0 Å². The molecule has 1 fully saturated rings. The number of amides is 3. The van der Waals surface area contributed by atoms with Crippen molar-refractivity contribution in [1.29, 1.82) is 0 Å². The Labute approximate surface area is 131 Å². The second kappa shape index (κ2) is 7.73. The number of carbonyl (C=O) groups is 2. The number of hydrogen-bond acceptors (Lipinski definition) is 3. The van der Waals surface area contributed by atoms with Gasteiger partial charge in [-0.3, -0.25) is 14.6 Å². The Morgan fingerprint density at radius 1 is 0.909 bits per heavy atom. The van der Waals surface area contributed by atoms with Crippen LogP contribution < -0.4 is 0 Å². The number of unbranched alkanes of at least 4 members (excludes halogenated alkanes) is 2. The molecule has 0 N–H and O–H groups in total. The molecule has 22 heavy (non-hydrogen) atoms. The standard InChI is InChI=1S/C17H23N3O2/c1-3-5-12-19-15(18-14-10-8-7-9-11-14)16(21)20(17(19)22)13-6-4-2/h7-11H,3-6,12-13H2,1-2H3. The molecule has 1 aliphatic rings. The highest BCUT2D eigenvalue weighted by Crippen LogP contribution is 2.19. The minimum absolute atomic E-state index is 0.235. The van der Waals surface area contributed by atoms with Crippen LogP contribution in [-0.4, -0.2) is 40.7 Å². The first-order valence-corrected chi connectivity index (χ1v) is 7.96. The third kappa shape index (κ3) is 3.53. The first-order valence-electron chi connectivity index (χ1n) is 7.96. The van der Waals surface area contributed by atoms with E-state index in [0.717, 1.165) is 25.7 Å². The van der Waals surface area contributed by atoms with Crippen molar-refractivity contribution in [3.63, 3.8) is 0 Å². The van der Waals surface area contributed by atoms with Gasteiger partial charge < -0.3 is 0 Å². The van der Waals surface area contributed by atoms with Crippen LogP contribution in [0.25, 0.3) is 0 Å². The molecule has 1 saturated heterocycles. The van der Waals surface area contributed by atoms with Gasteiger partial charge in [0.15, 0.2) is 0 Å². The summed E-state index contributed by atoms with van der Waals surface area (Å²) in [7, 11) is 0. The fourth-order valence-electron chi connectivity index (χ4n) is 2.32. The maximum absolute atomic E-state index is 12.5. The number of imide groups is 1. The van der Waals surface area contributed by atoms with E-state index < -0.39 is 0 Å². The lowest BCUT2D eigenvalue weighted by Crippen LogP contribution is -2.34. The quantitative estimate of drug-likeness (QED) is 0.723. The molecule has 3 amide bonds. The molecule has 0 aromatic heterocycles. The Bertz CT molecular complexity index is 554. The predicted octanol–water partition coefficient (Wildman–Crippen LogP) is 3.58. The van der Waals surface area contributed by atoms with E-state index in [1.54, 1.807) is 0 Å². The molecule has 0 bridgehead atoms. The molecule has 1 aromatic rings. The van der Waals surface area contributed by atoms with Crippen molar-refractivity contribution in [2.45, 2.75) is 39.5 Å². The van der Waals surface area contributed by atoms with Crippen LogP contribution in [0, 0.1) is 0 Å². The topological polar surface area (TPSA) is 53.0 Å². The fraction of sp³-hybridized carbons (Fsp3) is 0.471. The summed E-state index contributed by atoms with van der Waals surface area (Å²) >= 11 is 0. The molecule has 2 rings (SSSR count). The first kappa shape index (κ1) is 16.2. The van der Waals surface area contributed by atoms with E-state index in [9.17, 15) is 9.59 Å². The summed E-state index contributed by atoms with van der Waals surface area (Å²) in [6.45, 7) is 5.10. The molecule has 5 heteroatoms. The largest absolute Gasteiger partial charge is 0.332 e. The zero-order valence-corrected chi connectivity index (χ0v) is 13.3. The Hall–Kier alpha value is -2.17. The molecule has 5 nitrogen and oxygen atoms in total. The van der Waals surface area contributed by atoms with E-state index in [0.29, 0.717) is 18.8 Å². The van der Waals surface area contributed by atoms with E-state index in [2.05, 4.69) is 11.9 Å². The van der Waals surface area contributed by atoms with Crippen molar-refractivity contribution in [1.82, 2.24) is 9.80 Å². The highest BCUT2D eigenvalue weighted by atomic mass is 16.2. The Kier molecular flexibility index (Phi) is 5.69. The summed E-state index contributed by atoms with van der Waals surface area (Å²) in [6.07, 6.45) is 3.58. The van der Waals surface area contributed by atoms with Crippen molar-refractivity contribution < 1.29 is 9.59 Å². The third-order valence-electron chi connectivity index (χ3n) is 3.62. The van der Waals surface area contributed by atoms with Gasteiger partial charge in [-0.05, 0) is 25.0 Å². The number of carbonyl (C=O) groups excluding carboxylic acids is 2. The van der Waals surface area contributed by atoms with Crippen LogP contribution in [0.15, 0.2) is 35.3 Å². The fourth-order valence-corrected chi connectivity index (χ4v) is 2.32. The summed E-state index contributed by atoms with van der Waals surface area (Å²) in [5.41, 5.74) is 0.692. The number of hydrogen-bond donors (Lipinski definition) is 0. The summed E-state index contributed by atoms with van der Waals surface area (Å²) in [5, 5.41) is 0. The molecule has 0 aliphatic carbocycles. The lowest BCUT2D eigenvalue weighted by molar-refractivity contribution is -0.120. The zero-order valence-electron chi connectivity index (χ0n) is 13.3. The van der Waals surface area contributed by atoms with Crippen LogP contribution >= 0.6 is 0 Å². The highest BCUT2D eigenvalue weighted by molar-refractivity contribution is 6.47. The van der Waals surface area contributed by atoms with Crippen LogP contribution in [0.1, 0.15) is 39.5 Å². The second-order valence-corrected chi connectivity index (χ2v) is 5.37. The van der Waals surface area contributed by atoms with Crippen molar-refractivity contribution in [2.75, 3.05) is 13.1 Å². The first-order chi connectivity index (χ1) is 10.7. The lowest BCUT2D eigenvalue weighted by atomic mass is 10.3. The molecular formula is C17H23N3O2. The molecule has 0 spiro atoms. The van der Waals surface area contributed by atoms with E-state index in [1.165, 1.54) is 9.80 Å². The van der Waals surface area contributed by atoms with Gasteiger partial charge in [-0.1, -0.05) is 44.9 Å². The smallest absolute Gasteiger partial charge is 0.273 e. The molecule has 0 atom stereocenters. The number of para-hydroxylation sites is 1. The molecular weight excluding hydrogens is 278 g/mol. The zero-order chi connectivity index (χ0) is 15.9. The molecule has 0 unspecified atom stereocenters. The molecule has 1 heterocycles. The molecule has 0 saturated carbocycles. The Morgan fingerprint density at radius 2 is 1.50 bits per heavy atom. The molecule has 0 radical (unpaired) electrons. The normalized spacial score (nSPS) is 16.9. The molecule has 118 valence electrons. The number of aliphatic imine (C=N–C) groups is 1. The van der Waals surface area contributed by atoms with Crippen LogP contribution in [0.3, 0.4) is 0 Å². The van der Waals surface area contributed by atoms with Crippen molar-refractivity contribution in [3.8, 4) is 0 Å². The van der Waals surface area contributed by atoms with E-state index >= 15 is 0 Å². The minimum Gasteiger partial charge on any atom is -0.273 e. The number of urea groups is 1. The van der Waals surface area contributed by atoms with Gasteiger partial charge in [-0.2, -0.15) is 0 Å². The number of amidine groups is 1. The van der Waals surface area contributed by atoms with Gasteiger partial charge in [0, 0.05) is 13.1 Å². The minimum atomic E-state index is -0.279. The van der Waals surface area contributed by atoms with Gasteiger partial charge in [0.05, 0.1) is 5.69 Å². The van der Waals surface area contributed by atoms with Crippen molar-refractivity contribution in [3.05, 3.63) is 30.3 Å². The summed E-state index contributed by atoms with van der Waals surface area (Å²) in [4.78, 5) is 32.3. The number of nitrogens with zero attached hydrogens (tertiary/aromatic N) is 3. The SMILES string of the molecule is CCCCN1C(=O)C(=Nc2ccccc2)N(CCCC)C1=O. The van der Waals surface area contributed by atoms with Gasteiger partial charge >= 0.3 is 6.03 Å². The van der Waals surface area contributed by atoms with Crippen molar-refractivity contribution >= 4 is 23.5 Å². The van der Waals surface area contributed by atoms with Gasteiger partial charge in [0.2, 0.25) is 5.84 Å². The monoisotopic (exact) mass is 301 g/mol. The van der Waals surface area contributed by atoms with Crippen LogP contribution in [0.2, 0.25) is 0 Å². The van der Waals surface area contributed by atoms with Gasteiger partial charge in [0.25, 0.3) is 5.91 Å². The maximum atomic E-state index is 12.5. The molecule has 1 aliphatic heterocycles. The predicted molar refractivity (Wildman–Crippen MR) is 87.2 cm³/mol.